The number of amides is 1. The third-order valence-corrected chi connectivity index (χ3v) is 1.66. The number of carbonyl (C=O) groups excluding carboxylic acids is 1. The lowest BCUT2D eigenvalue weighted by molar-refractivity contribution is -0.160. The molecule has 0 radical (unpaired) electrons. The fourth-order valence-electron chi connectivity index (χ4n) is 0.890. The predicted molar refractivity (Wildman–Crippen MR) is 46.3 cm³/mol. The van der Waals surface area contributed by atoms with E-state index in [1.165, 1.54) is 0 Å². The Morgan fingerprint density at radius 2 is 2.13 bits per heavy atom. The molecular formula is C8H14F3NO3. The van der Waals surface area contributed by atoms with Crippen molar-refractivity contribution in [1.82, 2.24) is 5.32 Å². The molecule has 1 unspecified atom stereocenters. The maximum Gasteiger partial charge on any atom is 0.422 e. The third kappa shape index (κ3) is 8.04. The minimum Gasteiger partial charge on any atom is -0.440 e. The maximum atomic E-state index is 11.6. The molecule has 0 aliphatic carbocycles. The van der Waals surface area contributed by atoms with Gasteiger partial charge in [0.1, 0.15) is 0 Å². The van der Waals surface area contributed by atoms with Gasteiger partial charge in [0.25, 0.3) is 0 Å². The van der Waals surface area contributed by atoms with Crippen molar-refractivity contribution in [3.8, 4) is 0 Å². The molecule has 1 atom stereocenters. The molecular weight excluding hydrogens is 215 g/mol. The number of carbonyl (C=O) groups is 1. The highest BCUT2D eigenvalue weighted by molar-refractivity contribution is 5.67. The highest BCUT2D eigenvalue weighted by atomic mass is 19.4. The van der Waals surface area contributed by atoms with Crippen LogP contribution >= 0.6 is 0 Å². The molecule has 0 aromatic rings. The Kier molecular flexibility index (Phi) is 6.07. The minimum atomic E-state index is -4.52. The van der Waals surface area contributed by atoms with Gasteiger partial charge < -0.3 is 15.2 Å². The van der Waals surface area contributed by atoms with Crippen molar-refractivity contribution >= 4 is 6.09 Å². The van der Waals surface area contributed by atoms with E-state index in [1.54, 1.807) is 6.92 Å². The molecule has 0 saturated carbocycles. The van der Waals surface area contributed by atoms with Gasteiger partial charge in [0.15, 0.2) is 6.61 Å². The van der Waals surface area contributed by atoms with Crippen molar-refractivity contribution in [3.63, 3.8) is 0 Å². The summed E-state index contributed by atoms with van der Waals surface area (Å²) in [5.74, 6) is 0. The summed E-state index contributed by atoms with van der Waals surface area (Å²) < 4.78 is 38.8. The van der Waals surface area contributed by atoms with E-state index in [4.69, 9.17) is 5.11 Å². The summed E-state index contributed by atoms with van der Waals surface area (Å²) in [4.78, 5) is 10.8. The number of ether oxygens (including phenoxy) is 1. The van der Waals surface area contributed by atoms with Crippen molar-refractivity contribution in [1.29, 1.82) is 0 Å². The van der Waals surface area contributed by atoms with E-state index in [-0.39, 0.29) is 19.1 Å². The Morgan fingerprint density at radius 3 is 2.53 bits per heavy atom. The van der Waals surface area contributed by atoms with Crippen LogP contribution in [0.3, 0.4) is 0 Å². The number of hydrogen-bond donors (Lipinski definition) is 2. The van der Waals surface area contributed by atoms with E-state index in [9.17, 15) is 18.0 Å². The number of rotatable bonds is 5. The number of alkyl carbamates (subject to hydrolysis) is 1. The summed E-state index contributed by atoms with van der Waals surface area (Å²) in [6.07, 6.45) is -4.83. The van der Waals surface area contributed by atoms with Gasteiger partial charge in [-0.05, 0) is 12.8 Å². The molecule has 0 rings (SSSR count). The van der Waals surface area contributed by atoms with E-state index in [2.05, 4.69) is 10.1 Å². The molecule has 15 heavy (non-hydrogen) atoms. The van der Waals surface area contributed by atoms with Gasteiger partial charge in [0.2, 0.25) is 0 Å². The highest BCUT2D eigenvalue weighted by Gasteiger charge is 2.29. The van der Waals surface area contributed by atoms with Crippen molar-refractivity contribution in [2.45, 2.75) is 32.0 Å². The molecule has 4 nitrogen and oxygen atoms in total. The summed E-state index contributed by atoms with van der Waals surface area (Å²) in [6.45, 7) is -0.00316. The lowest BCUT2D eigenvalue weighted by Crippen LogP contribution is -2.37. The molecule has 0 aromatic heterocycles. The van der Waals surface area contributed by atoms with Gasteiger partial charge >= 0.3 is 12.3 Å². The van der Waals surface area contributed by atoms with Gasteiger partial charge in [-0.25, -0.2) is 4.79 Å². The largest absolute Gasteiger partial charge is 0.440 e. The number of alkyl halides is 3. The molecule has 0 heterocycles. The number of hydrogen-bond acceptors (Lipinski definition) is 3. The van der Waals surface area contributed by atoms with E-state index in [0.29, 0.717) is 6.42 Å². The van der Waals surface area contributed by atoms with Gasteiger partial charge in [0, 0.05) is 12.6 Å². The molecule has 0 aromatic carbocycles. The van der Waals surface area contributed by atoms with Crippen LogP contribution < -0.4 is 5.32 Å². The van der Waals surface area contributed by atoms with Crippen LogP contribution in [0.1, 0.15) is 19.8 Å². The normalized spacial score (nSPS) is 13.4. The molecule has 0 aliphatic rings. The van der Waals surface area contributed by atoms with Crippen molar-refractivity contribution in [2.75, 3.05) is 13.2 Å². The fourth-order valence-corrected chi connectivity index (χ4v) is 0.890. The first-order valence-electron chi connectivity index (χ1n) is 4.50. The average Bonchev–Trinajstić information content (AvgIpc) is 2.13. The third-order valence-electron chi connectivity index (χ3n) is 1.66. The first-order valence-corrected chi connectivity index (χ1v) is 4.50. The fraction of sp³-hybridized carbons (Fsp3) is 0.875. The minimum absolute atomic E-state index is 0.141. The topological polar surface area (TPSA) is 58.6 Å². The second-order valence-corrected chi connectivity index (χ2v) is 2.95. The number of halogens is 3. The maximum absolute atomic E-state index is 11.6. The molecule has 0 bridgehead atoms. The Bertz CT molecular complexity index is 196. The Morgan fingerprint density at radius 1 is 1.53 bits per heavy atom. The first kappa shape index (κ1) is 14.0. The van der Waals surface area contributed by atoms with Crippen LogP contribution in [0.15, 0.2) is 0 Å². The van der Waals surface area contributed by atoms with Crippen LogP contribution in [0.2, 0.25) is 0 Å². The number of aliphatic hydroxyl groups excluding tert-OH is 1. The molecule has 7 heteroatoms. The summed E-state index contributed by atoms with van der Waals surface area (Å²) in [5.41, 5.74) is 0. The van der Waals surface area contributed by atoms with Crippen LogP contribution in [-0.4, -0.2) is 36.6 Å². The number of aliphatic hydroxyl groups is 1. The zero-order chi connectivity index (χ0) is 11.9. The van der Waals surface area contributed by atoms with Gasteiger partial charge in [-0.3, -0.25) is 0 Å². The lowest BCUT2D eigenvalue weighted by Gasteiger charge is -2.16. The van der Waals surface area contributed by atoms with Crippen molar-refractivity contribution < 1.29 is 27.8 Å². The molecule has 0 aliphatic heterocycles. The van der Waals surface area contributed by atoms with Crippen LogP contribution in [0, 0.1) is 0 Å². The smallest absolute Gasteiger partial charge is 0.422 e. The first-order chi connectivity index (χ1) is 6.89. The summed E-state index contributed by atoms with van der Waals surface area (Å²) in [5, 5.41) is 10.8. The van der Waals surface area contributed by atoms with Crippen LogP contribution in [0.25, 0.3) is 0 Å². The zero-order valence-corrected chi connectivity index (χ0v) is 8.30. The van der Waals surface area contributed by atoms with E-state index >= 15 is 0 Å². The van der Waals surface area contributed by atoms with Crippen molar-refractivity contribution in [3.05, 3.63) is 0 Å². The molecule has 0 saturated heterocycles. The van der Waals surface area contributed by atoms with Crippen molar-refractivity contribution in [2.24, 2.45) is 0 Å². The van der Waals surface area contributed by atoms with E-state index in [0.717, 1.165) is 0 Å². The van der Waals surface area contributed by atoms with Gasteiger partial charge in [0.05, 0.1) is 0 Å². The van der Waals surface area contributed by atoms with Crippen LogP contribution in [0.5, 0.6) is 0 Å². The molecule has 90 valence electrons. The average molecular weight is 229 g/mol. The highest BCUT2D eigenvalue weighted by Crippen LogP contribution is 2.14. The molecule has 0 fully saturated rings. The SMILES string of the molecule is CCC(CCO)NC(=O)OCC(F)(F)F. The lowest BCUT2D eigenvalue weighted by atomic mass is 10.2. The second kappa shape index (κ2) is 6.49. The van der Waals surface area contributed by atoms with Gasteiger partial charge in [-0.2, -0.15) is 13.2 Å². The van der Waals surface area contributed by atoms with E-state index in [1.807, 2.05) is 0 Å². The quantitative estimate of drug-likeness (QED) is 0.749. The van der Waals surface area contributed by atoms with Crippen LogP contribution in [0.4, 0.5) is 18.0 Å². The Balaban J connectivity index is 3.81. The van der Waals surface area contributed by atoms with Crippen LogP contribution in [-0.2, 0) is 4.74 Å². The molecule has 1 amide bonds. The standard InChI is InChI=1S/C8H14F3NO3/c1-2-6(3-4-13)12-7(14)15-5-8(9,10)11/h6,13H,2-5H2,1H3,(H,12,14). The Labute approximate surface area is 85.4 Å². The van der Waals surface area contributed by atoms with Gasteiger partial charge in [-0.15, -0.1) is 0 Å². The monoisotopic (exact) mass is 229 g/mol. The second-order valence-electron chi connectivity index (χ2n) is 2.95. The predicted octanol–water partition coefficient (Wildman–Crippen LogP) is 1.44. The summed E-state index contributed by atoms with van der Waals surface area (Å²) in [7, 11) is 0. The number of nitrogens with one attached hydrogen (secondary N) is 1. The summed E-state index contributed by atoms with van der Waals surface area (Å²) in [6, 6.07) is -0.365. The zero-order valence-electron chi connectivity index (χ0n) is 8.30. The summed E-state index contributed by atoms with van der Waals surface area (Å²) >= 11 is 0. The van der Waals surface area contributed by atoms with E-state index < -0.39 is 18.9 Å². The molecule has 0 spiro atoms. The van der Waals surface area contributed by atoms with Gasteiger partial charge in [-0.1, -0.05) is 6.92 Å². The Hall–Kier alpha value is -0.980. The molecule has 2 N–H and O–H groups in total.